The second-order valence-electron chi connectivity index (χ2n) is 8.23. The van der Waals surface area contributed by atoms with Gasteiger partial charge < -0.3 is 9.47 Å². The predicted molar refractivity (Wildman–Crippen MR) is 123 cm³/mol. The third-order valence-electron chi connectivity index (χ3n) is 6.08. The second-order valence-corrected chi connectivity index (χ2v) is 8.23. The summed E-state index contributed by atoms with van der Waals surface area (Å²) in [7, 11) is 0. The maximum Gasteiger partial charge on any atom is 0.336 e. The Morgan fingerprint density at radius 3 is 2.47 bits per heavy atom. The number of carbonyl (C=O) groups excluding carboxylic acids is 4. The number of nitrogens with zero attached hydrogens (tertiary/aromatic N) is 3. The van der Waals surface area contributed by atoms with Crippen molar-refractivity contribution in [2.75, 3.05) is 18.0 Å². The van der Waals surface area contributed by atoms with Crippen LogP contribution in [0.2, 0.25) is 0 Å². The lowest BCUT2D eigenvalue weighted by Crippen LogP contribution is -2.54. The molecule has 3 heterocycles. The Morgan fingerprint density at radius 2 is 1.71 bits per heavy atom. The average Bonchev–Trinajstić information content (AvgIpc) is 3.47. The minimum atomic E-state index is -1.02. The highest BCUT2D eigenvalue weighted by molar-refractivity contribution is 6.39. The van der Waals surface area contributed by atoms with Gasteiger partial charge in [0.15, 0.2) is 0 Å². The predicted octanol–water partition coefficient (Wildman–Crippen LogP) is 3.07. The van der Waals surface area contributed by atoms with Crippen molar-refractivity contribution in [2.24, 2.45) is 0 Å². The first-order chi connectivity index (χ1) is 16.4. The van der Waals surface area contributed by atoms with Gasteiger partial charge in [-0.3, -0.25) is 19.7 Å². The van der Waals surface area contributed by atoms with Gasteiger partial charge in [0, 0.05) is 35.8 Å². The van der Waals surface area contributed by atoms with Crippen molar-refractivity contribution >= 4 is 46.4 Å². The summed E-state index contributed by atoms with van der Waals surface area (Å²) < 4.78 is 16.1. The number of benzene rings is 2. The molecule has 0 atom stereocenters. The minimum absolute atomic E-state index is 0.000247. The highest BCUT2D eigenvalue weighted by atomic mass is 19.1. The number of rotatable bonds is 4. The summed E-state index contributed by atoms with van der Waals surface area (Å²) >= 11 is 0. The van der Waals surface area contributed by atoms with Crippen LogP contribution in [0, 0.1) is 5.82 Å². The minimum Gasteiger partial charge on any atom is -0.341 e. The zero-order valence-corrected chi connectivity index (χ0v) is 18.2. The summed E-state index contributed by atoms with van der Waals surface area (Å²) in [5.41, 5.74) is 0.748. The Hall–Kier alpha value is -4.27. The standard InChI is InChI=1S/C25H21FN4O4/c26-19-8-2-4-10-21(19)30-24(33)18(23(32)27-25(30)34)13-16-14-29(20-9-3-1-7-17(16)20)15-22(31)28-11-5-6-12-28/h1-4,7-10,13-14H,5-6,11-12,15H2,(H,27,32,34)/b18-13+. The maximum absolute atomic E-state index is 14.3. The zero-order valence-electron chi connectivity index (χ0n) is 18.2. The fraction of sp³-hybridized carbons (Fsp3) is 0.200. The van der Waals surface area contributed by atoms with Crippen LogP contribution in [-0.4, -0.2) is 46.3 Å². The van der Waals surface area contributed by atoms with Crippen LogP contribution in [0.25, 0.3) is 17.0 Å². The number of hydrogen-bond donors (Lipinski definition) is 1. The van der Waals surface area contributed by atoms with Crippen molar-refractivity contribution < 1.29 is 23.6 Å². The van der Waals surface area contributed by atoms with Crippen molar-refractivity contribution in [1.82, 2.24) is 14.8 Å². The van der Waals surface area contributed by atoms with Crippen LogP contribution < -0.4 is 10.2 Å². The first-order valence-electron chi connectivity index (χ1n) is 11.0. The fourth-order valence-electron chi connectivity index (χ4n) is 4.40. The molecule has 5 amide bonds. The Labute approximate surface area is 194 Å². The molecule has 0 aliphatic carbocycles. The molecule has 2 aromatic carbocycles. The Morgan fingerprint density at radius 1 is 1.00 bits per heavy atom. The summed E-state index contributed by atoms with van der Waals surface area (Å²) in [6.07, 6.45) is 5.06. The van der Waals surface area contributed by atoms with Gasteiger partial charge in [0.1, 0.15) is 17.9 Å². The molecule has 2 aliphatic heterocycles. The fourth-order valence-corrected chi connectivity index (χ4v) is 4.40. The van der Waals surface area contributed by atoms with Crippen LogP contribution in [-0.2, 0) is 20.9 Å². The molecule has 1 N–H and O–H groups in total. The number of urea groups is 1. The molecule has 9 heteroatoms. The van der Waals surface area contributed by atoms with Crippen molar-refractivity contribution in [3.63, 3.8) is 0 Å². The Balaban J connectivity index is 1.54. The van der Waals surface area contributed by atoms with Crippen LogP contribution in [0.15, 0.2) is 60.3 Å². The van der Waals surface area contributed by atoms with E-state index in [1.807, 2.05) is 29.2 Å². The zero-order chi connectivity index (χ0) is 23.8. The summed E-state index contributed by atoms with van der Waals surface area (Å²) in [4.78, 5) is 53.2. The van der Waals surface area contributed by atoms with Crippen molar-refractivity contribution in [2.45, 2.75) is 19.4 Å². The smallest absolute Gasteiger partial charge is 0.336 e. The topological polar surface area (TPSA) is 91.7 Å². The first-order valence-corrected chi connectivity index (χ1v) is 11.0. The largest absolute Gasteiger partial charge is 0.341 e. The van der Waals surface area contributed by atoms with Crippen molar-refractivity contribution in [3.8, 4) is 0 Å². The molecule has 0 spiro atoms. The highest BCUT2D eigenvalue weighted by Crippen LogP contribution is 2.28. The molecule has 3 aromatic rings. The molecule has 0 radical (unpaired) electrons. The van der Waals surface area contributed by atoms with Crippen LogP contribution in [0.5, 0.6) is 0 Å². The molecule has 2 aliphatic rings. The van der Waals surface area contributed by atoms with Gasteiger partial charge in [-0.15, -0.1) is 0 Å². The molecular weight excluding hydrogens is 439 g/mol. The van der Waals surface area contributed by atoms with E-state index in [1.165, 1.54) is 24.3 Å². The number of likely N-dealkylation sites (tertiary alicyclic amines) is 1. The monoisotopic (exact) mass is 460 g/mol. The van der Waals surface area contributed by atoms with Crippen LogP contribution in [0.3, 0.4) is 0 Å². The second kappa shape index (κ2) is 8.58. The van der Waals surface area contributed by atoms with E-state index in [1.54, 1.807) is 10.8 Å². The third-order valence-corrected chi connectivity index (χ3v) is 6.08. The number of barbiturate groups is 1. The van der Waals surface area contributed by atoms with Gasteiger partial charge in [-0.2, -0.15) is 0 Å². The van der Waals surface area contributed by atoms with E-state index in [9.17, 15) is 23.6 Å². The first kappa shape index (κ1) is 21.6. The van der Waals surface area contributed by atoms with Gasteiger partial charge in [0.05, 0.1) is 5.69 Å². The molecule has 5 rings (SSSR count). The molecular formula is C25H21FN4O4. The van der Waals surface area contributed by atoms with Gasteiger partial charge in [0.2, 0.25) is 5.91 Å². The summed E-state index contributed by atoms with van der Waals surface area (Å²) in [5.74, 6) is -2.56. The molecule has 2 saturated heterocycles. The maximum atomic E-state index is 14.3. The van der Waals surface area contributed by atoms with E-state index < -0.39 is 23.7 Å². The number of aromatic nitrogens is 1. The van der Waals surface area contributed by atoms with Crippen molar-refractivity contribution in [1.29, 1.82) is 0 Å². The number of para-hydroxylation sites is 2. The molecule has 0 unspecified atom stereocenters. The summed E-state index contributed by atoms with van der Waals surface area (Å²) in [5, 5.41) is 2.84. The third kappa shape index (κ3) is 3.75. The number of imide groups is 2. The van der Waals surface area contributed by atoms with Gasteiger partial charge in [0.25, 0.3) is 11.8 Å². The number of fused-ring (bicyclic) bond motifs is 1. The molecule has 0 saturated carbocycles. The number of anilines is 1. The molecule has 34 heavy (non-hydrogen) atoms. The lowest BCUT2D eigenvalue weighted by Gasteiger charge is -2.26. The SMILES string of the molecule is O=C1NC(=O)N(c2ccccc2F)C(=O)/C1=C/c1cn(CC(=O)N2CCCC2)c2ccccc12. The number of halogens is 1. The van der Waals surface area contributed by atoms with E-state index in [-0.39, 0.29) is 23.7 Å². The van der Waals surface area contributed by atoms with Crippen LogP contribution >= 0.6 is 0 Å². The molecule has 1 aromatic heterocycles. The molecule has 172 valence electrons. The van der Waals surface area contributed by atoms with Gasteiger partial charge in [-0.05, 0) is 37.1 Å². The lowest BCUT2D eigenvalue weighted by atomic mass is 10.1. The Kier molecular flexibility index (Phi) is 5.45. The summed E-state index contributed by atoms with van der Waals surface area (Å²) in [6.45, 7) is 1.61. The van der Waals surface area contributed by atoms with Crippen LogP contribution in [0.1, 0.15) is 18.4 Å². The van der Waals surface area contributed by atoms with E-state index in [0.717, 1.165) is 42.9 Å². The quantitative estimate of drug-likeness (QED) is 0.479. The number of nitrogens with one attached hydrogen (secondary N) is 1. The number of amides is 5. The van der Waals surface area contributed by atoms with Gasteiger partial charge in [-0.25, -0.2) is 14.1 Å². The molecule has 2 fully saturated rings. The number of carbonyl (C=O) groups is 4. The Bertz CT molecular complexity index is 1370. The summed E-state index contributed by atoms with van der Waals surface area (Å²) in [6, 6.07) is 11.7. The van der Waals surface area contributed by atoms with E-state index >= 15 is 0 Å². The van der Waals surface area contributed by atoms with Gasteiger partial charge >= 0.3 is 6.03 Å². The van der Waals surface area contributed by atoms with Gasteiger partial charge in [-0.1, -0.05) is 30.3 Å². The van der Waals surface area contributed by atoms with Crippen molar-refractivity contribution in [3.05, 3.63) is 71.7 Å². The normalized spacial score (nSPS) is 17.7. The molecule has 8 nitrogen and oxygen atoms in total. The van der Waals surface area contributed by atoms with E-state index in [0.29, 0.717) is 10.5 Å². The average molecular weight is 460 g/mol. The molecule has 0 bridgehead atoms. The van der Waals surface area contributed by atoms with E-state index in [2.05, 4.69) is 5.32 Å². The van der Waals surface area contributed by atoms with Crippen LogP contribution in [0.4, 0.5) is 14.9 Å². The highest BCUT2D eigenvalue weighted by Gasteiger charge is 2.38. The van der Waals surface area contributed by atoms with E-state index in [4.69, 9.17) is 0 Å². The lowest BCUT2D eigenvalue weighted by molar-refractivity contribution is -0.130. The number of hydrogen-bond acceptors (Lipinski definition) is 4.